The Balaban J connectivity index is 2.07. The number of nitrogens with one attached hydrogen (secondary N) is 1. The summed E-state index contributed by atoms with van der Waals surface area (Å²) in [7, 11) is 0. The highest BCUT2D eigenvalue weighted by Gasteiger charge is 2.19. The van der Waals surface area contributed by atoms with Crippen LogP contribution in [0.4, 0.5) is 11.5 Å². The van der Waals surface area contributed by atoms with Crippen molar-refractivity contribution in [3.05, 3.63) is 34.3 Å². The molecule has 0 unspecified atom stereocenters. The predicted octanol–water partition coefficient (Wildman–Crippen LogP) is 1.29. The molecule has 1 amide bonds. The smallest absolute Gasteiger partial charge is 0.307 e. The monoisotopic (exact) mass is 265 g/mol. The summed E-state index contributed by atoms with van der Waals surface area (Å²) in [6.07, 6.45) is 2.28. The van der Waals surface area contributed by atoms with Crippen molar-refractivity contribution in [2.45, 2.75) is 19.9 Å². The third-order valence-electron chi connectivity index (χ3n) is 2.45. The summed E-state index contributed by atoms with van der Waals surface area (Å²) in [5.74, 6) is 0.458. The topological polar surface area (TPSA) is 116 Å². The molecule has 0 aliphatic heterocycles. The molecule has 2 heterocycles. The first-order chi connectivity index (χ1) is 8.97. The number of hydrogen-bond acceptors (Lipinski definition) is 6. The van der Waals surface area contributed by atoms with E-state index < -0.39 is 16.9 Å². The summed E-state index contributed by atoms with van der Waals surface area (Å²) < 4.78 is 6.02. The summed E-state index contributed by atoms with van der Waals surface area (Å²) in [6.45, 7) is 3.27. The molecule has 9 heteroatoms. The standard InChI is InChI=1S/C10H11N5O4/c1-6-3-9(13-19-6)12-10(16)7(2)14-5-8(4-11-14)15(17)18/h3-5,7H,1-2H3,(H,12,13,16)/t7-/m1/s1. The van der Waals surface area contributed by atoms with Gasteiger partial charge in [-0.05, 0) is 13.8 Å². The van der Waals surface area contributed by atoms with Gasteiger partial charge in [-0.2, -0.15) is 5.10 Å². The van der Waals surface area contributed by atoms with Gasteiger partial charge in [0, 0.05) is 6.07 Å². The first-order valence-corrected chi connectivity index (χ1v) is 5.40. The second kappa shape index (κ2) is 4.88. The lowest BCUT2D eigenvalue weighted by Gasteiger charge is -2.10. The third kappa shape index (κ3) is 2.76. The number of hydrogen-bond donors (Lipinski definition) is 1. The zero-order valence-electron chi connectivity index (χ0n) is 10.2. The molecular weight excluding hydrogens is 254 g/mol. The molecular formula is C10H11N5O4. The fourth-order valence-electron chi connectivity index (χ4n) is 1.41. The number of carbonyl (C=O) groups excluding carboxylic acids is 1. The van der Waals surface area contributed by atoms with E-state index in [1.54, 1.807) is 19.9 Å². The van der Waals surface area contributed by atoms with E-state index in [0.29, 0.717) is 5.76 Å². The second-order valence-corrected chi connectivity index (χ2v) is 3.92. The first-order valence-electron chi connectivity index (χ1n) is 5.40. The number of aryl methyl sites for hydroxylation is 1. The van der Waals surface area contributed by atoms with Crippen molar-refractivity contribution in [2.75, 3.05) is 5.32 Å². The molecule has 0 bridgehead atoms. The Morgan fingerprint density at radius 2 is 2.37 bits per heavy atom. The van der Waals surface area contributed by atoms with E-state index in [4.69, 9.17) is 4.52 Å². The van der Waals surface area contributed by atoms with E-state index >= 15 is 0 Å². The molecule has 9 nitrogen and oxygen atoms in total. The van der Waals surface area contributed by atoms with Crippen LogP contribution < -0.4 is 5.32 Å². The summed E-state index contributed by atoms with van der Waals surface area (Å²) in [5, 5.41) is 20.5. The van der Waals surface area contributed by atoms with E-state index in [9.17, 15) is 14.9 Å². The van der Waals surface area contributed by atoms with Crippen LogP contribution in [0.2, 0.25) is 0 Å². The lowest BCUT2D eigenvalue weighted by molar-refractivity contribution is -0.385. The minimum atomic E-state index is -0.703. The number of anilines is 1. The molecule has 1 atom stereocenters. The zero-order valence-corrected chi connectivity index (χ0v) is 10.2. The van der Waals surface area contributed by atoms with Crippen molar-refractivity contribution in [3.63, 3.8) is 0 Å². The molecule has 0 aliphatic carbocycles. The normalized spacial score (nSPS) is 12.1. The van der Waals surface area contributed by atoms with Crippen molar-refractivity contribution in [1.82, 2.24) is 14.9 Å². The van der Waals surface area contributed by atoms with Gasteiger partial charge in [-0.25, -0.2) is 0 Å². The number of nitrogens with zero attached hydrogens (tertiary/aromatic N) is 4. The molecule has 0 saturated carbocycles. The van der Waals surface area contributed by atoms with Gasteiger partial charge in [0.05, 0.1) is 4.92 Å². The summed E-state index contributed by atoms with van der Waals surface area (Å²) in [6, 6.07) is 0.863. The first kappa shape index (κ1) is 12.7. The molecule has 0 fully saturated rings. The molecule has 2 aromatic heterocycles. The van der Waals surface area contributed by atoms with E-state index in [1.807, 2.05) is 0 Å². The Kier molecular flexibility index (Phi) is 3.27. The van der Waals surface area contributed by atoms with Crippen LogP contribution in [0, 0.1) is 17.0 Å². The van der Waals surface area contributed by atoms with Gasteiger partial charge >= 0.3 is 5.69 Å². The van der Waals surface area contributed by atoms with Crippen molar-refractivity contribution < 1.29 is 14.2 Å². The Morgan fingerprint density at radius 3 is 2.89 bits per heavy atom. The van der Waals surface area contributed by atoms with Gasteiger partial charge in [0.15, 0.2) is 5.82 Å². The lowest BCUT2D eigenvalue weighted by Crippen LogP contribution is -2.24. The van der Waals surface area contributed by atoms with Crippen LogP contribution in [0.1, 0.15) is 18.7 Å². The lowest BCUT2D eigenvalue weighted by atomic mass is 10.3. The zero-order chi connectivity index (χ0) is 14.0. The Bertz CT molecular complexity index is 617. The highest BCUT2D eigenvalue weighted by Crippen LogP contribution is 2.15. The molecule has 1 N–H and O–H groups in total. The van der Waals surface area contributed by atoms with Crippen molar-refractivity contribution in [1.29, 1.82) is 0 Å². The van der Waals surface area contributed by atoms with Gasteiger partial charge in [0.1, 0.15) is 24.2 Å². The van der Waals surface area contributed by atoms with Crippen molar-refractivity contribution in [3.8, 4) is 0 Å². The summed E-state index contributed by atoms with van der Waals surface area (Å²) >= 11 is 0. The number of rotatable bonds is 4. The maximum atomic E-state index is 11.9. The molecule has 100 valence electrons. The van der Waals surface area contributed by atoms with Crippen LogP contribution in [0.5, 0.6) is 0 Å². The Hall–Kier alpha value is -2.71. The maximum Gasteiger partial charge on any atom is 0.307 e. The van der Waals surface area contributed by atoms with Crippen LogP contribution in [-0.2, 0) is 4.79 Å². The van der Waals surface area contributed by atoms with Gasteiger partial charge in [0.25, 0.3) is 0 Å². The molecule has 0 saturated heterocycles. The Labute approximate surface area is 107 Å². The molecule has 0 radical (unpaired) electrons. The van der Waals surface area contributed by atoms with E-state index in [0.717, 1.165) is 6.20 Å². The van der Waals surface area contributed by atoms with Gasteiger partial charge in [0.2, 0.25) is 5.91 Å². The van der Waals surface area contributed by atoms with Crippen LogP contribution in [0.3, 0.4) is 0 Å². The molecule has 19 heavy (non-hydrogen) atoms. The molecule has 2 aromatic rings. The number of amides is 1. The predicted molar refractivity (Wildman–Crippen MR) is 63.5 cm³/mol. The fraction of sp³-hybridized carbons (Fsp3) is 0.300. The molecule has 0 spiro atoms. The van der Waals surface area contributed by atoms with E-state index in [-0.39, 0.29) is 11.5 Å². The quantitative estimate of drug-likeness (QED) is 0.657. The van der Waals surface area contributed by atoms with Gasteiger partial charge in [-0.3, -0.25) is 19.6 Å². The maximum absolute atomic E-state index is 11.9. The number of aromatic nitrogens is 3. The van der Waals surface area contributed by atoms with Gasteiger partial charge in [-0.15, -0.1) is 0 Å². The fourth-order valence-corrected chi connectivity index (χ4v) is 1.41. The van der Waals surface area contributed by atoms with Crippen LogP contribution in [0.25, 0.3) is 0 Å². The average Bonchev–Trinajstić information content (AvgIpc) is 2.97. The van der Waals surface area contributed by atoms with Crippen LogP contribution in [-0.4, -0.2) is 25.8 Å². The highest BCUT2D eigenvalue weighted by molar-refractivity contribution is 5.92. The summed E-state index contributed by atoms with van der Waals surface area (Å²) in [4.78, 5) is 21.8. The molecule has 0 aromatic carbocycles. The largest absolute Gasteiger partial charge is 0.360 e. The number of carbonyl (C=O) groups is 1. The van der Waals surface area contributed by atoms with Crippen LogP contribution >= 0.6 is 0 Å². The SMILES string of the molecule is Cc1cc(NC(=O)[C@@H](C)n2cc([N+](=O)[O-])cn2)no1. The minimum absolute atomic E-state index is 0.170. The van der Waals surface area contributed by atoms with Gasteiger partial charge < -0.3 is 9.84 Å². The van der Waals surface area contributed by atoms with E-state index in [2.05, 4.69) is 15.6 Å². The van der Waals surface area contributed by atoms with Crippen molar-refractivity contribution in [2.24, 2.45) is 0 Å². The highest BCUT2D eigenvalue weighted by atomic mass is 16.6. The molecule has 2 rings (SSSR count). The van der Waals surface area contributed by atoms with Crippen LogP contribution in [0.15, 0.2) is 23.0 Å². The second-order valence-electron chi connectivity index (χ2n) is 3.92. The van der Waals surface area contributed by atoms with Crippen molar-refractivity contribution >= 4 is 17.4 Å². The Morgan fingerprint density at radius 1 is 1.63 bits per heavy atom. The number of nitro groups is 1. The van der Waals surface area contributed by atoms with E-state index in [1.165, 1.54) is 10.9 Å². The average molecular weight is 265 g/mol. The third-order valence-corrected chi connectivity index (χ3v) is 2.45. The molecule has 0 aliphatic rings. The van der Waals surface area contributed by atoms with Gasteiger partial charge in [-0.1, -0.05) is 5.16 Å². The summed E-state index contributed by atoms with van der Waals surface area (Å²) in [5.41, 5.74) is -0.170. The minimum Gasteiger partial charge on any atom is -0.360 e.